The highest BCUT2D eigenvalue weighted by Crippen LogP contribution is 2.17. The zero-order chi connectivity index (χ0) is 18.7. The Morgan fingerprint density at radius 3 is 2.69 bits per heavy atom. The van der Waals surface area contributed by atoms with E-state index < -0.39 is 16.0 Å². The molecule has 0 spiro atoms. The molecule has 0 saturated heterocycles. The molecule has 9 heteroatoms. The number of aromatic nitrogens is 2. The number of nitrogens with one attached hydrogen (secondary N) is 1. The largest absolute Gasteiger partial charge is 0.465 e. The van der Waals surface area contributed by atoms with Gasteiger partial charge in [0.15, 0.2) is 0 Å². The fraction of sp³-hybridized carbons (Fsp3) is 0.353. The molecular weight excluding hydrogens is 358 g/mol. The van der Waals surface area contributed by atoms with Gasteiger partial charge in [-0.25, -0.2) is 22.6 Å². The van der Waals surface area contributed by atoms with Crippen LogP contribution in [0.3, 0.4) is 0 Å². The van der Waals surface area contributed by atoms with Gasteiger partial charge in [0.1, 0.15) is 0 Å². The summed E-state index contributed by atoms with van der Waals surface area (Å²) in [6, 6.07) is 7.00. The highest BCUT2D eigenvalue weighted by Gasteiger charge is 2.17. The molecule has 0 fully saturated rings. The molecule has 0 saturated carbocycles. The Balaban J connectivity index is 1.65. The number of esters is 1. The number of hydrogen-bond donors (Lipinski definition) is 1. The van der Waals surface area contributed by atoms with Crippen molar-refractivity contribution in [2.45, 2.75) is 30.7 Å². The molecule has 1 aromatic heterocycles. The van der Waals surface area contributed by atoms with Gasteiger partial charge in [-0.2, -0.15) is 5.10 Å². The van der Waals surface area contributed by atoms with Crippen LogP contribution in [-0.4, -0.2) is 37.8 Å². The van der Waals surface area contributed by atoms with E-state index in [0.29, 0.717) is 0 Å². The molecule has 0 aliphatic heterocycles. The normalized spacial score (nSPS) is 13.4. The predicted octanol–water partition coefficient (Wildman–Crippen LogP) is 0.497. The lowest BCUT2D eigenvalue weighted by molar-refractivity contribution is 0.0600. The van der Waals surface area contributed by atoms with Crippen molar-refractivity contribution in [3.8, 4) is 0 Å². The maximum absolute atomic E-state index is 12.3. The van der Waals surface area contributed by atoms with Crippen molar-refractivity contribution in [2.24, 2.45) is 0 Å². The number of fused-ring (bicyclic) bond motifs is 1. The van der Waals surface area contributed by atoms with Crippen LogP contribution in [0.25, 0.3) is 0 Å². The van der Waals surface area contributed by atoms with E-state index in [9.17, 15) is 18.0 Å². The van der Waals surface area contributed by atoms with Crippen LogP contribution < -0.4 is 10.3 Å². The van der Waals surface area contributed by atoms with Crippen LogP contribution in [0, 0.1) is 0 Å². The minimum atomic E-state index is -3.75. The van der Waals surface area contributed by atoms with E-state index >= 15 is 0 Å². The summed E-state index contributed by atoms with van der Waals surface area (Å²) in [5, 5.41) is 4.30. The Morgan fingerprint density at radius 2 is 2.00 bits per heavy atom. The number of nitrogens with zero attached hydrogens (tertiary/aromatic N) is 2. The highest BCUT2D eigenvalue weighted by atomic mass is 32.2. The Kier molecular flexibility index (Phi) is 5.19. The molecule has 0 bridgehead atoms. The fourth-order valence-electron chi connectivity index (χ4n) is 2.86. The molecule has 1 N–H and O–H groups in total. The van der Waals surface area contributed by atoms with E-state index in [4.69, 9.17) is 0 Å². The number of ether oxygens (including phenoxy) is 1. The van der Waals surface area contributed by atoms with Crippen molar-refractivity contribution >= 4 is 16.0 Å². The molecule has 1 aromatic carbocycles. The molecule has 0 radical (unpaired) electrons. The number of rotatable bonds is 6. The number of benzene rings is 1. The fourth-order valence-corrected chi connectivity index (χ4v) is 3.88. The van der Waals surface area contributed by atoms with E-state index in [1.807, 2.05) is 0 Å². The predicted molar refractivity (Wildman–Crippen MR) is 93.5 cm³/mol. The van der Waals surface area contributed by atoms with Gasteiger partial charge < -0.3 is 4.74 Å². The average molecular weight is 377 g/mol. The molecule has 26 heavy (non-hydrogen) atoms. The maximum atomic E-state index is 12.3. The number of hydrogen-bond acceptors (Lipinski definition) is 6. The standard InChI is InChI=1S/C17H19N3O5S/c1-25-17(22)12-5-7-14(8-6-12)26(23,24)18-9-10-20-16(21)11-13-3-2-4-15(13)19-20/h5-8,11,18H,2-4,9-10H2,1H3. The van der Waals surface area contributed by atoms with Gasteiger partial charge in [0, 0.05) is 12.6 Å². The molecule has 3 rings (SSSR count). The van der Waals surface area contributed by atoms with E-state index in [2.05, 4.69) is 14.6 Å². The van der Waals surface area contributed by atoms with Gasteiger partial charge in [-0.3, -0.25) is 4.79 Å². The third kappa shape index (κ3) is 3.83. The first-order valence-electron chi connectivity index (χ1n) is 8.19. The zero-order valence-corrected chi connectivity index (χ0v) is 15.1. The monoisotopic (exact) mass is 377 g/mol. The van der Waals surface area contributed by atoms with Gasteiger partial charge in [0.05, 0.1) is 29.8 Å². The van der Waals surface area contributed by atoms with E-state index in [1.54, 1.807) is 6.07 Å². The summed E-state index contributed by atoms with van der Waals surface area (Å²) in [6.45, 7) is 0.179. The smallest absolute Gasteiger partial charge is 0.337 e. The molecule has 138 valence electrons. The lowest BCUT2D eigenvalue weighted by Crippen LogP contribution is -2.32. The first-order valence-corrected chi connectivity index (χ1v) is 9.67. The third-order valence-electron chi connectivity index (χ3n) is 4.23. The minimum Gasteiger partial charge on any atom is -0.465 e. The van der Waals surface area contributed by atoms with Crippen molar-refractivity contribution in [3.05, 3.63) is 57.5 Å². The average Bonchev–Trinajstić information content (AvgIpc) is 3.08. The SMILES string of the molecule is COC(=O)c1ccc(S(=O)(=O)NCCn2nc3c(cc2=O)CCC3)cc1. The van der Waals surface area contributed by atoms with Crippen molar-refractivity contribution in [2.75, 3.05) is 13.7 Å². The van der Waals surface area contributed by atoms with E-state index in [1.165, 1.54) is 36.1 Å². The highest BCUT2D eigenvalue weighted by molar-refractivity contribution is 7.89. The van der Waals surface area contributed by atoms with Crippen LogP contribution in [-0.2, 0) is 34.1 Å². The number of sulfonamides is 1. The third-order valence-corrected chi connectivity index (χ3v) is 5.70. The number of aryl methyl sites for hydroxylation is 2. The summed E-state index contributed by atoms with van der Waals surface area (Å²) in [4.78, 5) is 23.4. The number of carbonyl (C=O) groups excluding carboxylic acids is 1. The van der Waals surface area contributed by atoms with Gasteiger partial charge in [0.2, 0.25) is 10.0 Å². The lowest BCUT2D eigenvalue weighted by Gasteiger charge is -2.09. The van der Waals surface area contributed by atoms with Crippen molar-refractivity contribution in [3.63, 3.8) is 0 Å². The van der Waals surface area contributed by atoms with Gasteiger partial charge in [-0.05, 0) is 49.1 Å². The summed E-state index contributed by atoms with van der Waals surface area (Å²) in [5.74, 6) is -0.538. The first-order chi connectivity index (χ1) is 12.4. The molecule has 0 amide bonds. The van der Waals surface area contributed by atoms with Gasteiger partial charge in [-0.15, -0.1) is 0 Å². The maximum Gasteiger partial charge on any atom is 0.337 e. The quantitative estimate of drug-likeness (QED) is 0.735. The van der Waals surface area contributed by atoms with Crippen LogP contribution in [0.5, 0.6) is 0 Å². The Labute approximate surface area is 150 Å². The summed E-state index contributed by atoms with van der Waals surface area (Å²) >= 11 is 0. The Morgan fingerprint density at radius 1 is 1.27 bits per heavy atom. The van der Waals surface area contributed by atoms with Crippen LogP contribution in [0.1, 0.15) is 28.0 Å². The summed E-state index contributed by atoms with van der Waals surface area (Å²) in [5.41, 5.74) is 1.93. The van der Waals surface area contributed by atoms with Crippen LogP contribution in [0.2, 0.25) is 0 Å². The van der Waals surface area contributed by atoms with E-state index in [-0.39, 0.29) is 29.1 Å². The summed E-state index contributed by atoms with van der Waals surface area (Å²) in [7, 11) is -2.50. The van der Waals surface area contributed by atoms with Crippen molar-refractivity contribution < 1.29 is 17.9 Å². The molecule has 8 nitrogen and oxygen atoms in total. The van der Waals surface area contributed by atoms with Crippen LogP contribution >= 0.6 is 0 Å². The molecular formula is C17H19N3O5S. The Hall–Kier alpha value is -2.52. The second-order valence-electron chi connectivity index (χ2n) is 5.94. The lowest BCUT2D eigenvalue weighted by atomic mass is 10.2. The Bertz CT molecular complexity index is 980. The zero-order valence-electron chi connectivity index (χ0n) is 14.3. The van der Waals surface area contributed by atoms with Crippen LogP contribution in [0.15, 0.2) is 40.0 Å². The molecule has 2 aromatic rings. The topological polar surface area (TPSA) is 107 Å². The molecule has 0 atom stereocenters. The van der Waals surface area contributed by atoms with Gasteiger partial charge >= 0.3 is 5.97 Å². The van der Waals surface area contributed by atoms with Crippen molar-refractivity contribution in [1.29, 1.82) is 0 Å². The molecule has 1 heterocycles. The van der Waals surface area contributed by atoms with Crippen molar-refractivity contribution in [1.82, 2.24) is 14.5 Å². The van der Waals surface area contributed by atoms with Gasteiger partial charge in [0.25, 0.3) is 5.56 Å². The first kappa shape index (κ1) is 18.3. The minimum absolute atomic E-state index is 0.0272. The van der Waals surface area contributed by atoms with Crippen LogP contribution in [0.4, 0.5) is 0 Å². The molecule has 1 aliphatic carbocycles. The summed E-state index contributed by atoms with van der Waals surface area (Å²) < 4.78 is 32.9. The number of carbonyl (C=O) groups is 1. The number of methoxy groups -OCH3 is 1. The van der Waals surface area contributed by atoms with E-state index in [0.717, 1.165) is 30.5 Å². The molecule has 1 aliphatic rings. The molecule has 0 unspecified atom stereocenters. The second-order valence-corrected chi connectivity index (χ2v) is 7.71. The summed E-state index contributed by atoms with van der Waals surface area (Å²) in [6.07, 6.45) is 2.69. The van der Waals surface area contributed by atoms with Gasteiger partial charge in [-0.1, -0.05) is 0 Å². The second kappa shape index (κ2) is 7.38.